The summed E-state index contributed by atoms with van der Waals surface area (Å²) in [6, 6.07) is 3.69. The molecular weight excluding hydrogens is 657 g/mol. The Hall–Kier alpha value is -2.22. The first-order valence-corrected chi connectivity index (χ1v) is 19.7. The highest BCUT2D eigenvalue weighted by Crippen LogP contribution is 2.58. The second-order valence-corrected chi connectivity index (χ2v) is 17.1. The van der Waals surface area contributed by atoms with E-state index in [1.165, 1.54) is 34.4 Å². The Kier molecular flexibility index (Phi) is 13.2. The first-order chi connectivity index (χ1) is 22.0. The second-order valence-electron chi connectivity index (χ2n) is 15.0. The minimum absolute atomic E-state index is 0.0381. The molecule has 0 bridgehead atoms. The Balaban J connectivity index is 1.81. The van der Waals surface area contributed by atoms with Gasteiger partial charge in [-0.25, -0.2) is 0 Å². The second kappa shape index (κ2) is 15.8. The van der Waals surface area contributed by atoms with E-state index in [0.717, 1.165) is 57.4 Å². The molecule has 0 heterocycles. The van der Waals surface area contributed by atoms with Gasteiger partial charge in [0.25, 0.3) is 0 Å². The molecule has 12 heteroatoms. The van der Waals surface area contributed by atoms with E-state index < -0.39 is 37.9 Å². The van der Waals surface area contributed by atoms with Crippen LogP contribution in [0, 0.1) is 16.7 Å². The largest absolute Gasteiger partial charge is 0.446 e. The summed E-state index contributed by atoms with van der Waals surface area (Å²) in [4.78, 5) is 0. The molecule has 2 aliphatic rings. The fourth-order valence-electron chi connectivity index (χ4n) is 7.63. The number of hydrogen-bond acceptors (Lipinski definition) is 8. The highest BCUT2D eigenvalue weighted by Gasteiger charge is 2.46. The Labute approximate surface area is 288 Å². The van der Waals surface area contributed by atoms with Crippen molar-refractivity contribution < 1.29 is 44.5 Å². The Morgan fingerprint density at radius 1 is 1.02 bits per heavy atom. The van der Waals surface area contributed by atoms with Crippen molar-refractivity contribution in [2.24, 2.45) is 16.7 Å². The maximum absolute atomic E-state index is 11.7. The van der Waals surface area contributed by atoms with Crippen molar-refractivity contribution in [1.82, 2.24) is 0 Å². The van der Waals surface area contributed by atoms with Crippen LogP contribution < -0.4 is 8.37 Å². The van der Waals surface area contributed by atoms with Crippen LogP contribution in [0.4, 0.5) is 0 Å². The van der Waals surface area contributed by atoms with Crippen LogP contribution >= 0.6 is 0 Å². The topological polar surface area (TPSA) is 168 Å². The molecule has 0 fully saturated rings. The lowest BCUT2D eigenvalue weighted by molar-refractivity contribution is -0.0691. The van der Waals surface area contributed by atoms with E-state index in [0.29, 0.717) is 31.2 Å². The molecule has 1 aromatic carbocycles. The summed E-state index contributed by atoms with van der Waals surface area (Å²) < 4.78 is 74.4. The first kappa shape index (κ1) is 40.2. The van der Waals surface area contributed by atoms with Gasteiger partial charge in [-0.3, -0.25) is 9.11 Å². The van der Waals surface area contributed by atoms with E-state index in [2.05, 4.69) is 44.0 Å². The van der Waals surface area contributed by atoms with Gasteiger partial charge in [-0.1, -0.05) is 55.2 Å². The number of benzene rings is 1. The monoisotopic (exact) mass is 712 g/mol. The van der Waals surface area contributed by atoms with Gasteiger partial charge >= 0.3 is 20.8 Å². The lowest BCUT2D eigenvalue weighted by Crippen LogP contribution is -2.40. The fourth-order valence-corrected chi connectivity index (χ4v) is 8.37. The molecule has 0 saturated carbocycles. The predicted octanol–water partition coefficient (Wildman–Crippen LogP) is 7.88. The van der Waals surface area contributed by atoms with E-state index in [1.54, 1.807) is 6.92 Å². The van der Waals surface area contributed by atoms with Crippen LogP contribution in [0.2, 0.25) is 0 Å². The Morgan fingerprint density at radius 3 is 2.31 bits per heavy atom. The quantitative estimate of drug-likeness (QED) is 0.0978. The van der Waals surface area contributed by atoms with Crippen LogP contribution in [-0.2, 0) is 27.2 Å². The summed E-state index contributed by atoms with van der Waals surface area (Å²) in [6.45, 7) is 14.5. The van der Waals surface area contributed by atoms with E-state index in [9.17, 15) is 36.2 Å². The molecule has 10 nitrogen and oxygen atoms in total. The van der Waals surface area contributed by atoms with Gasteiger partial charge in [0.1, 0.15) is 11.5 Å². The van der Waals surface area contributed by atoms with Crippen LogP contribution in [0.1, 0.15) is 125 Å². The highest BCUT2D eigenvalue weighted by atomic mass is 32.3. The minimum Gasteiger partial charge on any atom is -0.390 e. The van der Waals surface area contributed by atoms with Gasteiger partial charge in [-0.05, 0) is 140 Å². The predicted molar refractivity (Wildman–Crippen MR) is 188 cm³/mol. The molecule has 4 N–H and O–H groups in total. The number of aliphatic hydroxyl groups excluding tert-OH is 1. The molecule has 48 heavy (non-hydrogen) atoms. The fraction of sp³-hybridized carbons (Fsp3) is 0.667. The van der Waals surface area contributed by atoms with Gasteiger partial charge in [0.15, 0.2) is 0 Å². The van der Waals surface area contributed by atoms with Gasteiger partial charge in [0, 0.05) is 5.56 Å². The lowest BCUT2D eigenvalue weighted by atomic mass is 9.54. The third-order valence-corrected chi connectivity index (χ3v) is 11.6. The Morgan fingerprint density at radius 2 is 1.69 bits per heavy atom. The molecular formula is C36H56O10S2. The molecule has 0 unspecified atom stereocenters. The summed E-state index contributed by atoms with van der Waals surface area (Å²) in [7, 11) is -9.68. The summed E-state index contributed by atoms with van der Waals surface area (Å²) in [5.41, 5.74) is 3.86. The molecule has 3 rings (SSSR count). The van der Waals surface area contributed by atoms with Crippen molar-refractivity contribution in [3.8, 4) is 11.5 Å². The molecule has 0 spiro atoms. The maximum atomic E-state index is 11.7. The molecule has 272 valence electrons. The first-order valence-electron chi connectivity index (χ1n) is 16.9. The van der Waals surface area contributed by atoms with Crippen LogP contribution in [-0.4, -0.2) is 47.9 Å². The molecule has 0 amide bonds. The number of allylic oxidation sites excluding steroid dienone is 6. The summed E-state index contributed by atoms with van der Waals surface area (Å²) >= 11 is 0. The third kappa shape index (κ3) is 11.1. The number of rotatable bonds is 16. The lowest BCUT2D eigenvalue weighted by Gasteiger charge is -2.51. The third-order valence-electron chi connectivity index (χ3n) is 10.8. The normalized spacial score (nSPS) is 25.6. The standard InChI is InChI=1S/C36H56O10S2/c1-25(2)11-8-22-36(7,38)33(37)19-14-26(3)12-9-20-34(5)21-10-13-31-30(34)17-15-27(4)35(31,6)24-28-23-29(45-47(39,40)41)16-18-32(28)46-48(42,43)44/h11-12,16,18,23,27,33,37-38H,8-10,13-15,17,19-22,24H2,1-7H3,(H,39,40,41)(H,42,43,44)/t27-,33-,34-,35+,36+/m0/s1. The zero-order chi connectivity index (χ0) is 36.1. The molecule has 0 aliphatic heterocycles. The average Bonchev–Trinajstić information content (AvgIpc) is 2.93. The van der Waals surface area contributed by atoms with E-state index in [-0.39, 0.29) is 22.8 Å². The van der Waals surface area contributed by atoms with Crippen molar-refractivity contribution in [2.75, 3.05) is 0 Å². The number of aliphatic hydroxyl groups is 2. The van der Waals surface area contributed by atoms with Crippen LogP contribution in [0.15, 0.2) is 52.6 Å². The van der Waals surface area contributed by atoms with Gasteiger partial charge in [-0.15, -0.1) is 0 Å². The average molecular weight is 713 g/mol. The smallest absolute Gasteiger partial charge is 0.390 e. The molecule has 1 aromatic rings. The summed E-state index contributed by atoms with van der Waals surface area (Å²) in [5, 5.41) is 21.5. The van der Waals surface area contributed by atoms with Crippen LogP contribution in [0.3, 0.4) is 0 Å². The SMILES string of the molecule is CC(C)=CCC[C@@](C)(O)[C@@H](O)CCC(C)=CCC[C@@]1(C)CCCC2=C1CC[C@H](C)[C@@]2(C)Cc1cc(OS(=O)(=O)O)ccc1OS(=O)(=O)O. The van der Waals surface area contributed by atoms with Crippen LogP contribution in [0.5, 0.6) is 11.5 Å². The van der Waals surface area contributed by atoms with Crippen molar-refractivity contribution in [1.29, 1.82) is 0 Å². The van der Waals surface area contributed by atoms with Crippen LogP contribution in [0.25, 0.3) is 0 Å². The maximum Gasteiger partial charge on any atom is 0.446 e. The molecule has 0 aromatic heterocycles. The van der Waals surface area contributed by atoms with Crippen molar-refractivity contribution in [3.05, 3.63) is 58.2 Å². The summed E-state index contributed by atoms with van der Waals surface area (Å²) in [5.74, 6) is -0.136. The van der Waals surface area contributed by atoms with Gasteiger partial charge in [0.2, 0.25) is 0 Å². The number of hydrogen-bond donors (Lipinski definition) is 4. The van der Waals surface area contributed by atoms with E-state index in [1.807, 2.05) is 13.8 Å². The highest BCUT2D eigenvalue weighted by molar-refractivity contribution is 7.81. The van der Waals surface area contributed by atoms with E-state index >= 15 is 0 Å². The van der Waals surface area contributed by atoms with Crippen molar-refractivity contribution in [2.45, 2.75) is 137 Å². The minimum atomic E-state index is -4.86. The molecule has 0 radical (unpaired) electrons. The molecule has 0 saturated heterocycles. The van der Waals surface area contributed by atoms with Gasteiger partial charge in [0.05, 0.1) is 11.7 Å². The van der Waals surface area contributed by atoms with E-state index in [4.69, 9.17) is 4.18 Å². The van der Waals surface area contributed by atoms with Gasteiger partial charge < -0.3 is 18.6 Å². The van der Waals surface area contributed by atoms with Gasteiger partial charge in [-0.2, -0.15) is 16.8 Å². The van der Waals surface area contributed by atoms with Crippen molar-refractivity contribution in [3.63, 3.8) is 0 Å². The zero-order valence-corrected chi connectivity index (χ0v) is 31.2. The van der Waals surface area contributed by atoms with Crippen molar-refractivity contribution >= 4 is 20.8 Å². The summed E-state index contributed by atoms with van der Waals surface area (Å²) in [6.07, 6.45) is 12.9. The molecule has 2 aliphatic carbocycles. The Bertz CT molecular complexity index is 1600. The molecule has 5 atom stereocenters. The zero-order valence-electron chi connectivity index (χ0n) is 29.6.